The predicted octanol–water partition coefficient (Wildman–Crippen LogP) is 10.5. The zero-order chi connectivity index (χ0) is 27.0. The summed E-state index contributed by atoms with van der Waals surface area (Å²) in [5, 5.41) is 2.58. The van der Waals surface area contributed by atoms with Gasteiger partial charge in [-0.25, -0.2) is 0 Å². The lowest BCUT2D eigenvalue weighted by molar-refractivity contribution is 0.418. The largest absolute Gasteiger partial charge is 0.457 e. The highest BCUT2D eigenvalue weighted by Gasteiger charge is 2.37. The third-order valence-electron chi connectivity index (χ3n) is 9.73. The van der Waals surface area contributed by atoms with Crippen LogP contribution in [-0.2, 0) is 5.41 Å². The molecule has 6 aromatic carbocycles. The van der Waals surface area contributed by atoms with E-state index in [1.54, 1.807) is 0 Å². The zero-order valence-electron chi connectivity index (χ0n) is 22.8. The normalized spacial score (nSPS) is 14.5. The van der Waals surface area contributed by atoms with Gasteiger partial charge in [-0.15, -0.1) is 0 Å². The van der Waals surface area contributed by atoms with Gasteiger partial charge in [0.2, 0.25) is 0 Å². The van der Waals surface area contributed by atoms with Crippen molar-refractivity contribution in [2.45, 2.75) is 19.3 Å². The molecule has 10 rings (SSSR count). The molecule has 192 valence electrons. The van der Waals surface area contributed by atoms with Crippen LogP contribution in [0.3, 0.4) is 0 Å². The lowest BCUT2D eigenvalue weighted by Crippen LogP contribution is -2.24. The van der Waals surface area contributed by atoms with Gasteiger partial charge in [0.1, 0.15) is 11.5 Å². The molecule has 4 heterocycles. The minimum Gasteiger partial charge on any atom is -0.457 e. The minimum atomic E-state index is -0.189. The van der Waals surface area contributed by atoms with Gasteiger partial charge in [0.25, 0.3) is 0 Å². The number of ether oxygens (including phenoxy) is 1. The highest BCUT2D eigenvalue weighted by Crippen LogP contribution is 2.56. The van der Waals surface area contributed by atoms with Gasteiger partial charge in [0.05, 0.1) is 16.7 Å². The van der Waals surface area contributed by atoms with Crippen molar-refractivity contribution < 1.29 is 4.74 Å². The summed E-state index contributed by atoms with van der Waals surface area (Å²) >= 11 is 0. The fourth-order valence-corrected chi connectivity index (χ4v) is 7.88. The summed E-state index contributed by atoms with van der Waals surface area (Å²) in [7, 11) is 0. The Hall–Kier alpha value is -5.08. The number of para-hydroxylation sites is 4. The number of benzene rings is 6. The van der Waals surface area contributed by atoms with Crippen LogP contribution < -0.4 is 4.74 Å². The molecule has 2 nitrogen and oxygen atoms in total. The van der Waals surface area contributed by atoms with Crippen molar-refractivity contribution in [1.29, 1.82) is 0 Å². The number of hydrogen-bond acceptors (Lipinski definition) is 1. The molecule has 0 N–H and O–H groups in total. The Labute approximate surface area is 238 Å². The summed E-state index contributed by atoms with van der Waals surface area (Å²) < 4.78 is 9.21. The van der Waals surface area contributed by atoms with Gasteiger partial charge in [-0.05, 0) is 40.5 Å². The van der Waals surface area contributed by atoms with E-state index in [1.807, 2.05) is 0 Å². The molecule has 0 atom stereocenters. The molecular formula is C39H25NO. The maximum atomic E-state index is 6.64. The van der Waals surface area contributed by atoms with Crippen LogP contribution in [0.5, 0.6) is 11.5 Å². The number of nitrogens with zero attached hydrogens (tertiary/aromatic N) is 1. The van der Waals surface area contributed by atoms with Crippen LogP contribution in [0.15, 0.2) is 115 Å². The van der Waals surface area contributed by atoms with E-state index in [-0.39, 0.29) is 5.41 Å². The molecular weight excluding hydrogens is 498 g/mol. The van der Waals surface area contributed by atoms with E-state index in [0.29, 0.717) is 0 Å². The average molecular weight is 524 g/mol. The van der Waals surface area contributed by atoms with Gasteiger partial charge in [-0.1, -0.05) is 111 Å². The van der Waals surface area contributed by atoms with Crippen LogP contribution in [-0.4, -0.2) is 4.57 Å². The number of fused-ring (bicyclic) bond motifs is 9. The Bertz CT molecular complexity index is 2320. The Morgan fingerprint density at radius 3 is 1.76 bits per heavy atom. The summed E-state index contributed by atoms with van der Waals surface area (Å²) in [5.41, 5.74) is 16.2. The highest BCUT2D eigenvalue weighted by atomic mass is 16.5. The fourth-order valence-electron chi connectivity index (χ4n) is 7.88. The SMILES string of the molecule is CC1(C)c2ccccc2Oc2cc3c(cc21)-c1cccc2c1-n1c4c(cccc4c4cccc-3c41)-c1ccccc1-2. The summed E-state index contributed by atoms with van der Waals surface area (Å²) in [6, 6.07) is 42.5. The summed E-state index contributed by atoms with van der Waals surface area (Å²) in [4.78, 5) is 0. The van der Waals surface area contributed by atoms with Crippen LogP contribution in [0.25, 0.3) is 72.0 Å². The third-order valence-corrected chi connectivity index (χ3v) is 9.73. The van der Waals surface area contributed by atoms with Crippen LogP contribution in [0, 0.1) is 0 Å². The zero-order valence-corrected chi connectivity index (χ0v) is 22.8. The number of hydrogen-bond donors (Lipinski definition) is 0. The molecule has 0 saturated carbocycles. The summed E-state index contributed by atoms with van der Waals surface area (Å²) in [6.45, 7) is 4.64. The highest BCUT2D eigenvalue weighted by molar-refractivity contribution is 6.21. The van der Waals surface area contributed by atoms with Crippen molar-refractivity contribution in [2.75, 3.05) is 0 Å². The Morgan fingerprint density at radius 1 is 0.463 bits per heavy atom. The topological polar surface area (TPSA) is 14.2 Å². The maximum absolute atomic E-state index is 6.64. The molecule has 0 saturated heterocycles. The van der Waals surface area contributed by atoms with E-state index >= 15 is 0 Å². The van der Waals surface area contributed by atoms with E-state index in [9.17, 15) is 0 Å². The second-order valence-corrected chi connectivity index (χ2v) is 12.1. The van der Waals surface area contributed by atoms with Crippen LogP contribution in [0.1, 0.15) is 25.0 Å². The summed E-state index contributed by atoms with van der Waals surface area (Å²) in [6.07, 6.45) is 0. The van der Waals surface area contributed by atoms with Crippen molar-refractivity contribution in [3.63, 3.8) is 0 Å². The first-order valence-electron chi connectivity index (χ1n) is 14.4. The molecule has 0 spiro atoms. The van der Waals surface area contributed by atoms with Gasteiger partial charge in [0, 0.05) is 49.6 Å². The van der Waals surface area contributed by atoms with E-state index in [4.69, 9.17) is 4.74 Å². The van der Waals surface area contributed by atoms with Gasteiger partial charge < -0.3 is 9.30 Å². The van der Waals surface area contributed by atoms with Crippen LogP contribution in [0.4, 0.5) is 0 Å². The molecule has 0 amide bonds. The molecule has 41 heavy (non-hydrogen) atoms. The standard InChI is InChI=1S/C39H25NO/c1-39(2)32-18-5-6-19-34(32)41-35-21-31-29-17-9-15-27-26-14-7-12-24-22-10-3-4-11-23(22)25-13-8-16-28(30(31)20-33(35)39)37(25)40(36(24)26)38(27)29/h3-21H,1-2H3. The molecule has 0 aliphatic carbocycles. The first kappa shape index (κ1) is 21.7. The Balaban J connectivity index is 1.44. The van der Waals surface area contributed by atoms with E-state index in [2.05, 4.69) is 134 Å². The van der Waals surface area contributed by atoms with Crippen LogP contribution >= 0.6 is 0 Å². The lowest BCUT2D eigenvalue weighted by Gasteiger charge is -2.35. The average Bonchev–Trinajstić information content (AvgIpc) is 3.21. The molecule has 1 aromatic heterocycles. The Morgan fingerprint density at radius 2 is 1.00 bits per heavy atom. The van der Waals surface area contributed by atoms with Crippen LogP contribution in [0.2, 0.25) is 0 Å². The molecule has 0 fully saturated rings. The monoisotopic (exact) mass is 523 g/mol. The van der Waals surface area contributed by atoms with E-state index in [0.717, 1.165) is 11.5 Å². The molecule has 3 aliphatic heterocycles. The fraction of sp³-hybridized carbons (Fsp3) is 0.0769. The molecule has 7 aromatic rings. The van der Waals surface area contributed by atoms with Gasteiger partial charge in [0.15, 0.2) is 0 Å². The molecule has 0 unspecified atom stereocenters. The first-order chi connectivity index (χ1) is 20.1. The van der Waals surface area contributed by atoms with E-state index < -0.39 is 0 Å². The van der Waals surface area contributed by atoms with Crippen molar-refractivity contribution in [3.05, 3.63) is 126 Å². The van der Waals surface area contributed by atoms with Gasteiger partial charge in [-0.2, -0.15) is 0 Å². The predicted molar refractivity (Wildman–Crippen MR) is 168 cm³/mol. The minimum absolute atomic E-state index is 0.189. The molecule has 0 radical (unpaired) electrons. The number of aromatic nitrogens is 1. The Kier molecular flexibility index (Phi) is 3.79. The van der Waals surface area contributed by atoms with Gasteiger partial charge >= 0.3 is 0 Å². The lowest BCUT2D eigenvalue weighted by atomic mass is 9.74. The molecule has 2 heteroatoms. The van der Waals surface area contributed by atoms with Crippen molar-refractivity contribution in [2.24, 2.45) is 0 Å². The van der Waals surface area contributed by atoms with Crippen molar-refractivity contribution >= 4 is 21.8 Å². The van der Waals surface area contributed by atoms with Gasteiger partial charge in [-0.3, -0.25) is 0 Å². The third kappa shape index (κ3) is 2.50. The first-order valence-corrected chi connectivity index (χ1v) is 14.4. The second-order valence-electron chi connectivity index (χ2n) is 12.1. The number of rotatable bonds is 0. The summed E-state index contributed by atoms with van der Waals surface area (Å²) in [5.74, 6) is 1.90. The maximum Gasteiger partial charge on any atom is 0.132 e. The quantitative estimate of drug-likeness (QED) is 0.193. The molecule has 0 bridgehead atoms. The van der Waals surface area contributed by atoms with Crippen molar-refractivity contribution in [1.82, 2.24) is 4.57 Å². The second kappa shape index (κ2) is 7.16. The molecule has 3 aliphatic rings. The van der Waals surface area contributed by atoms with E-state index in [1.165, 1.54) is 83.1 Å². The smallest absolute Gasteiger partial charge is 0.132 e. The van der Waals surface area contributed by atoms with Crippen molar-refractivity contribution in [3.8, 4) is 61.7 Å².